The molecule has 0 aliphatic rings. The zero-order chi connectivity index (χ0) is 13.7. The predicted molar refractivity (Wildman–Crippen MR) is 75.5 cm³/mol. The maximum atomic E-state index is 5.66. The fourth-order valence-electron chi connectivity index (χ4n) is 1.59. The first-order valence-electron chi connectivity index (χ1n) is 5.71. The minimum Gasteiger partial charge on any atom is -0.493 e. The number of nitrogen functional groups attached to an aromatic ring is 1. The molecule has 5 nitrogen and oxygen atoms in total. The number of rotatable bonds is 6. The molecule has 0 saturated carbocycles. The van der Waals surface area contributed by atoms with Crippen molar-refractivity contribution < 1.29 is 9.47 Å². The molecule has 2 rings (SSSR count). The first-order valence-corrected chi connectivity index (χ1v) is 6.53. The van der Waals surface area contributed by atoms with Crippen LogP contribution in [0.2, 0.25) is 0 Å². The van der Waals surface area contributed by atoms with E-state index in [1.54, 1.807) is 7.11 Å². The average molecular weight is 277 g/mol. The number of hydrogen-bond donors (Lipinski definition) is 1. The van der Waals surface area contributed by atoms with Gasteiger partial charge in [0.25, 0.3) is 0 Å². The molecule has 2 aromatic rings. The van der Waals surface area contributed by atoms with Crippen molar-refractivity contribution in [2.24, 2.45) is 0 Å². The van der Waals surface area contributed by atoms with Gasteiger partial charge in [-0.05, 0) is 24.1 Å². The van der Waals surface area contributed by atoms with Crippen LogP contribution < -0.4 is 15.2 Å². The molecule has 1 aromatic heterocycles. The molecule has 0 aliphatic carbocycles. The molecule has 0 saturated heterocycles. The summed E-state index contributed by atoms with van der Waals surface area (Å²) >= 11 is 1.31. The lowest BCUT2D eigenvalue weighted by atomic mass is 10.1. The van der Waals surface area contributed by atoms with Gasteiger partial charge in [0.2, 0.25) is 5.13 Å². The summed E-state index contributed by atoms with van der Waals surface area (Å²) in [6.07, 6.45) is 2.64. The van der Waals surface area contributed by atoms with E-state index in [4.69, 9.17) is 15.2 Å². The van der Waals surface area contributed by atoms with Gasteiger partial charge < -0.3 is 15.2 Å². The van der Waals surface area contributed by atoms with E-state index in [1.807, 2.05) is 24.3 Å². The van der Waals surface area contributed by atoms with E-state index in [9.17, 15) is 0 Å². The lowest BCUT2D eigenvalue weighted by Crippen LogP contribution is -1.98. The van der Waals surface area contributed by atoms with E-state index < -0.39 is 0 Å². The molecular weight excluding hydrogens is 262 g/mol. The molecule has 0 amide bonds. The summed E-state index contributed by atoms with van der Waals surface area (Å²) in [4.78, 5) is 0. The van der Waals surface area contributed by atoms with Gasteiger partial charge >= 0.3 is 0 Å². The Morgan fingerprint density at radius 2 is 2.21 bits per heavy atom. The fraction of sp³-hybridized carbons (Fsp3) is 0.231. The number of nitrogens with two attached hydrogens (primary N) is 1. The van der Waals surface area contributed by atoms with Crippen LogP contribution in [-0.2, 0) is 13.0 Å². The molecule has 0 spiro atoms. The summed E-state index contributed by atoms with van der Waals surface area (Å²) in [5.41, 5.74) is 6.64. The lowest BCUT2D eigenvalue weighted by molar-refractivity contribution is 0.283. The van der Waals surface area contributed by atoms with Crippen molar-refractivity contribution in [3.05, 3.63) is 41.4 Å². The van der Waals surface area contributed by atoms with Crippen molar-refractivity contribution >= 4 is 16.5 Å². The monoisotopic (exact) mass is 277 g/mol. The molecule has 1 aromatic carbocycles. The molecule has 100 valence electrons. The van der Waals surface area contributed by atoms with Crippen LogP contribution in [0.4, 0.5) is 5.13 Å². The van der Waals surface area contributed by atoms with Crippen molar-refractivity contribution in [2.45, 2.75) is 13.0 Å². The van der Waals surface area contributed by atoms with E-state index in [2.05, 4.69) is 16.8 Å². The minimum absolute atomic E-state index is 0.325. The molecule has 2 N–H and O–H groups in total. The standard InChI is InChI=1S/C13H15N3O2S/c1-3-4-9-5-6-10(11(7-9)17-2)18-8-12-15-16-13(14)19-12/h3,5-7H,1,4,8H2,2H3,(H2,14,16). The highest BCUT2D eigenvalue weighted by Crippen LogP contribution is 2.29. The smallest absolute Gasteiger partial charge is 0.203 e. The number of methoxy groups -OCH3 is 1. The highest BCUT2D eigenvalue weighted by Gasteiger charge is 2.07. The quantitative estimate of drug-likeness (QED) is 0.821. The maximum absolute atomic E-state index is 5.66. The summed E-state index contributed by atoms with van der Waals surface area (Å²) in [5, 5.41) is 8.80. The lowest BCUT2D eigenvalue weighted by Gasteiger charge is -2.10. The van der Waals surface area contributed by atoms with Crippen LogP contribution in [0.15, 0.2) is 30.9 Å². The second kappa shape index (κ2) is 6.19. The number of allylic oxidation sites excluding steroid dienone is 1. The van der Waals surface area contributed by atoms with E-state index in [-0.39, 0.29) is 0 Å². The van der Waals surface area contributed by atoms with Gasteiger partial charge in [0, 0.05) is 0 Å². The summed E-state index contributed by atoms with van der Waals surface area (Å²) in [6.45, 7) is 4.04. The Kier molecular flexibility index (Phi) is 4.35. The maximum Gasteiger partial charge on any atom is 0.203 e. The van der Waals surface area contributed by atoms with E-state index in [1.165, 1.54) is 11.3 Å². The van der Waals surface area contributed by atoms with Crippen molar-refractivity contribution in [2.75, 3.05) is 12.8 Å². The summed E-state index contributed by atoms with van der Waals surface area (Å²) < 4.78 is 11.0. The highest BCUT2D eigenvalue weighted by atomic mass is 32.1. The van der Waals surface area contributed by atoms with Crippen molar-refractivity contribution in [1.82, 2.24) is 10.2 Å². The van der Waals surface area contributed by atoms with Crippen LogP contribution in [-0.4, -0.2) is 17.3 Å². The first kappa shape index (κ1) is 13.4. The molecule has 0 bridgehead atoms. The highest BCUT2D eigenvalue weighted by molar-refractivity contribution is 7.15. The van der Waals surface area contributed by atoms with Gasteiger partial charge in [-0.25, -0.2) is 0 Å². The molecule has 19 heavy (non-hydrogen) atoms. The Labute approximate surface area is 115 Å². The van der Waals surface area contributed by atoms with Gasteiger partial charge in [-0.15, -0.1) is 16.8 Å². The third kappa shape index (κ3) is 3.45. The average Bonchev–Trinajstić information content (AvgIpc) is 2.83. The van der Waals surface area contributed by atoms with Gasteiger partial charge in [-0.2, -0.15) is 0 Å². The Hall–Kier alpha value is -2.08. The normalized spacial score (nSPS) is 10.2. The van der Waals surface area contributed by atoms with Crippen molar-refractivity contribution in [1.29, 1.82) is 0 Å². The molecule has 0 fully saturated rings. The van der Waals surface area contributed by atoms with E-state index in [0.717, 1.165) is 17.0 Å². The Morgan fingerprint density at radius 3 is 2.84 bits per heavy atom. The largest absolute Gasteiger partial charge is 0.493 e. The molecule has 1 heterocycles. The zero-order valence-corrected chi connectivity index (χ0v) is 11.4. The van der Waals surface area contributed by atoms with Gasteiger partial charge in [0.1, 0.15) is 6.61 Å². The van der Waals surface area contributed by atoms with Crippen molar-refractivity contribution in [3.63, 3.8) is 0 Å². The Morgan fingerprint density at radius 1 is 1.37 bits per heavy atom. The fourth-order valence-corrected chi connectivity index (χ4v) is 2.11. The number of hydrogen-bond acceptors (Lipinski definition) is 6. The van der Waals surface area contributed by atoms with E-state index >= 15 is 0 Å². The van der Waals surface area contributed by atoms with Crippen molar-refractivity contribution in [3.8, 4) is 11.5 Å². The first-order chi connectivity index (χ1) is 9.22. The topological polar surface area (TPSA) is 70.3 Å². The minimum atomic E-state index is 0.325. The van der Waals surface area contributed by atoms with Gasteiger partial charge in [0.15, 0.2) is 16.5 Å². The van der Waals surface area contributed by atoms with Gasteiger partial charge in [-0.1, -0.05) is 23.5 Å². The second-order valence-electron chi connectivity index (χ2n) is 3.80. The van der Waals surface area contributed by atoms with Crippen LogP contribution in [0.3, 0.4) is 0 Å². The summed E-state index contributed by atoms with van der Waals surface area (Å²) in [5.74, 6) is 1.36. The molecule has 0 aliphatic heterocycles. The number of nitrogens with zero attached hydrogens (tertiary/aromatic N) is 2. The number of ether oxygens (including phenoxy) is 2. The molecule has 0 unspecified atom stereocenters. The third-order valence-corrected chi connectivity index (χ3v) is 3.17. The van der Waals surface area contributed by atoms with E-state index in [0.29, 0.717) is 23.2 Å². The number of benzene rings is 1. The summed E-state index contributed by atoms with van der Waals surface area (Å²) in [6, 6.07) is 5.79. The SMILES string of the molecule is C=CCc1ccc(OCc2nnc(N)s2)c(OC)c1. The molecule has 0 atom stereocenters. The van der Waals surface area contributed by atoms with Crippen LogP contribution in [0.25, 0.3) is 0 Å². The van der Waals surface area contributed by atoms with Crippen LogP contribution in [0.5, 0.6) is 11.5 Å². The summed E-state index contributed by atoms with van der Waals surface area (Å²) in [7, 11) is 1.61. The zero-order valence-electron chi connectivity index (χ0n) is 10.6. The Balaban J connectivity index is 2.08. The van der Waals surface area contributed by atoms with Crippen LogP contribution in [0.1, 0.15) is 10.6 Å². The second-order valence-corrected chi connectivity index (χ2v) is 4.89. The number of aromatic nitrogens is 2. The molecular formula is C13H15N3O2S. The van der Waals surface area contributed by atoms with Gasteiger partial charge in [0.05, 0.1) is 7.11 Å². The predicted octanol–water partition coefficient (Wildman–Crippen LogP) is 2.44. The van der Waals surface area contributed by atoms with Gasteiger partial charge in [-0.3, -0.25) is 0 Å². The van der Waals surface area contributed by atoms with Crippen LogP contribution >= 0.6 is 11.3 Å². The number of anilines is 1. The third-order valence-electron chi connectivity index (χ3n) is 2.44. The molecule has 6 heteroatoms. The van der Waals surface area contributed by atoms with Crippen LogP contribution in [0, 0.1) is 0 Å². The Bertz CT molecular complexity index is 569. The molecule has 0 radical (unpaired) electrons.